The summed E-state index contributed by atoms with van der Waals surface area (Å²) in [6.07, 6.45) is 1.60. The van der Waals surface area contributed by atoms with Crippen molar-refractivity contribution in [1.29, 1.82) is 0 Å². The van der Waals surface area contributed by atoms with Crippen LogP contribution in [0, 0.1) is 0 Å². The first-order valence-corrected chi connectivity index (χ1v) is 4.93. The zero-order valence-electron chi connectivity index (χ0n) is 7.16. The predicted molar refractivity (Wildman–Crippen MR) is 51.7 cm³/mol. The molecule has 13 heavy (non-hydrogen) atoms. The van der Waals surface area contributed by atoms with Gasteiger partial charge in [0.05, 0.1) is 6.42 Å². The van der Waals surface area contributed by atoms with Crippen molar-refractivity contribution in [1.82, 2.24) is 5.32 Å². The van der Waals surface area contributed by atoms with Gasteiger partial charge in [-0.05, 0) is 11.4 Å². The fourth-order valence-corrected chi connectivity index (χ4v) is 1.61. The molecule has 0 unspecified atom stereocenters. The Labute approximate surface area is 80.8 Å². The number of hydrogen-bond donors (Lipinski definition) is 1. The van der Waals surface area contributed by atoms with E-state index in [1.54, 1.807) is 11.3 Å². The molecule has 3 nitrogen and oxygen atoms in total. The lowest BCUT2D eigenvalue weighted by atomic mass is 10.3. The predicted octanol–water partition coefficient (Wildman–Crippen LogP) is 0.996. The second-order valence-electron chi connectivity index (χ2n) is 2.56. The number of hydrogen-bond acceptors (Lipinski definition) is 3. The van der Waals surface area contributed by atoms with Crippen LogP contribution in [0.4, 0.5) is 0 Å². The van der Waals surface area contributed by atoms with Crippen molar-refractivity contribution in [3.8, 4) is 0 Å². The summed E-state index contributed by atoms with van der Waals surface area (Å²) in [4.78, 5) is 22.2. The van der Waals surface area contributed by atoms with Gasteiger partial charge in [-0.1, -0.05) is 6.07 Å². The van der Waals surface area contributed by atoms with E-state index in [-0.39, 0.29) is 5.91 Å². The Hall–Kier alpha value is -1.16. The molecular weight excluding hydrogens is 186 g/mol. The Bertz CT molecular complexity index is 269. The Morgan fingerprint density at radius 2 is 2.46 bits per heavy atom. The molecule has 70 valence electrons. The van der Waals surface area contributed by atoms with Crippen LogP contribution in [0.5, 0.6) is 0 Å². The quantitative estimate of drug-likeness (QED) is 0.565. The van der Waals surface area contributed by atoms with Crippen LogP contribution in [0.3, 0.4) is 0 Å². The summed E-state index contributed by atoms with van der Waals surface area (Å²) in [5.41, 5.74) is 0. The molecule has 1 rings (SSSR count). The lowest BCUT2D eigenvalue weighted by Gasteiger charge is -2.00. The van der Waals surface area contributed by atoms with Crippen molar-refractivity contribution in [3.63, 3.8) is 0 Å². The highest BCUT2D eigenvalue weighted by atomic mass is 32.1. The summed E-state index contributed by atoms with van der Waals surface area (Å²) >= 11 is 1.56. The van der Waals surface area contributed by atoms with Crippen molar-refractivity contribution < 1.29 is 9.59 Å². The minimum absolute atomic E-state index is 0.0238. The lowest BCUT2D eigenvalue weighted by molar-refractivity contribution is -0.120. The van der Waals surface area contributed by atoms with Crippen molar-refractivity contribution in [2.24, 2.45) is 0 Å². The average Bonchev–Trinajstić information content (AvgIpc) is 2.57. The van der Waals surface area contributed by atoms with Gasteiger partial charge in [-0.3, -0.25) is 4.79 Å². The summed E-state index contributed by atoms with van der Waals surface area (Å²) in [6.45, 7) is 0.438. The average molecular weight is 197 g/mol. The number of rotatable bonds is 5. The standard InChI is InChI=1S/C9H11NO2S/c11-5-2-4-10-9(12)7-8-3-1-6-13-8/h1,3,5-6H,2,4,7H2,(H,10,12). The Morgan fingerprint density at radius 3 is 3.08 bits per heavy atom. The van der Waals surface area contributed by atoms with Crippen LogP contribution in [0.25, 0.3) is 0 Å². The van der Waals surface area contributed by atoms with Gasteiger partial charge in [0.1, 0.15) is 6.29 Å². The molecule has 0 fully saturated rings. The fraction of sp³-hybridized carbons (Fsp3) is 0.333. The smallest absolute Gasteiger partial charge is 0.225 e. The summed E-state index contributed by atoms with van der Waals surface area (Å²) in [5, 5.41) is 4.60. The van der Waals surface area contributed by atoms with Gasteiger partial charge in [0.15, 0.2) is 0 Å². The van der Waals surface area contributed by atoms with Crippen LogP contribution in [-0.4, -0.2) is 18.7 Å². The molecule has 0 aliphatic carbocycles. The Morgan fingerprint density at radius 1 is 1.62 bits per heavy atom. The molecule has 1 amide bonds. The second kappa shape index (κ2) is 5.48. The number of thiophene rings is 1. The van der Waals surface area contributed by atoms with Gasteiger partial charge < -0.3 is 10.1 Å². The number of nitrogens with one attached hydrogen (secondary N) is 1. The number of carbonyl (C=O) groups excluding carboxylic acids is 2. The molecule has 0 radical (unpaired) electrons. The monoisotopic (exact) mass is 197 g/mol. The van der Waals surface area contributed by atoms with E-state index in [9.17, 15) is 9.59 Å². The summed E-state index contributed by atoms with van der Waals surface area (Å²) in [5.74, 6) is -0.0238. The molecule has 4 heteroatoms. The lowest BCUT2D eigenvalue weighted by Crippen LogP contribution is -2.25. The third-order valence-electron chi connectivity index (χ3n) is 1.50. The van der Waals surface area contributed by atoms with Gasteiger partial charge in [-0.15, -0.1) is 11.3 Å². The van der Waals surface area contributed by atoms with Gasteiger partial charge in [0.2, 0.25) is 5.91 Å². The fourth-order valence-electron chi connectivity index (χ4n) is 0.904. The van der Waals surface area contributed by atoms with Crippen LogP contribution < -0.4 is 5.32 Å². The minimum Gasteiger partial charge on any atom is -0.355 e. The van der Waals surface area contributed by atoms with Gasteiger partial charge in [-0.2, -0.15) is 0 Å². The van der Waals surface area contributed by atoms with Crippen molar-refractivity contribution in [2.45, 2.75) is 12.8 Å². The highest BCUT2D eigenvalue weighted by Gasteiger charge is 2.02. The molecule has 0 aliphatic heterocycles. The van der Waals surface area contributed by atoms with E-state index in [1.807, 2.05) is 17.5 Å². The number of amides is 1. The van der Waals surface area contributed by atoms with Crippen molar-refractivity contribution >= 4 is 23.5 Å². The SMILES string of the molecule is O=CCCNC(=O)Cc1cccs1. The highest BCUT2D eigenvalue weighted by molar-refractivity contribution is 7.10. The molecular formula is C9H11NO2S. The molecule has 1 heterocycles. The first-order chi connectivity index (χ1) is 6.33. The van der Waals surface area contributed by atoms with E-state index in [2.05, 4.69) is 5.32 Å². The largest absolute Gasteiger partial charge is 0.355 e. The molecule has 1 N–H and O–H groups in total. The van der Waals surface area contributed by atoms with Crippen LogP contribution in [-0.2, 0) is 16.0 Å². The maximum absolute atomic E-state index is 11.2. The van der Waals surface area contributed by atoms with E-state index in [0.717, 1.165) is 11.2 Å². The van der Waals surface area contributed by atoms with Crippen molar-refractivity contribution in [3.05, 3.63) is 22.4 Å². The third kappa shape index (κ3) is 3.85. The molecule has 0 aliphatic rings. The zero-order valence-corrected chi connectivity index (χ0v) is 7.97. The zero-order chi connectivity index (χ0) is 9.52. The summed E-state index contributed by atoms with van der Waals surface area (Å²) in [7, 11) is 0. The first-order valence-electron chi connectivity index (χ1n) is 4.05. The topological polar surface area (TPSA) is 46.2 Å². The van der Waals surface area contributed by atoms with Crippen molar-refractivity contribution in [2.75, 3.05) is 6.54 Å². The maximum Gasteiger partial charge on any atom is 0.225 e. The van der Waals surface area contributed by atoms with E-state index in [4.69, 9.17) is 0 Å². The van der Waals surface area contributed by atoms with Crippen LogP contribution in [0.1, 0.15) is 11.3 Å². The first kappa shape index (κ1) is 9.92. The molecule has 0 bridgehead atoms. The molecule has 0 saturated heterocycles. The van der Waals surface area contributed by atoms with Gasteiger partial charge in [-0.25, -0.2) is 0 Å². The molecule has 0 aromatic carbocycles. The molecule has 1 aromatic heterocycles. The van der Waals surface area contributed by atoms with Gasteiger partial charge >= 0.3 is 0 Å². The maximum atomic E-state index is 11.2. The van der Waals surface area contributed by atoms with E-state index < -0.39 is 0 Å². The van der Waals surface area contributed by atoms with E-state index in [1.165, 1.54) is 0 Å². The third-order valence-corrected chi connectivity index (χ3v) is 2.38. The molecule has 0 saturated carbocycles. The van der Waals surface area contributed by atoms with Gasteiger partial charge in [0.25, 0.3) is 0 Å². The molecule has 0 atom stereocenters. The van der Waals surface area contributed by atoms with Crippen LogP contribution in [0.2, 0.25) is 0 Å². The Balaban J connectivity index is 2.22. The van der Waals surface area contributed by atoms with E-state index >= 15 is 0 Å². The summed E-state index contributed by atoms with van der Waals surface area (Å²) in [6, 6.07) is 3.84. The summed E-state index contributed by atoms with van der Waals surface area (Å²) < 4.78 is 0. The minimum atomic E-state index is -0.0238. The Kier molecular flexibility index (Phi) is 4.18. The number of carbonyl (C=O) groups is 2. The molecule has 0 spiro atoms. The highest BCUT2D eigenvalue weighted by Crippen LogP contribution is 2.08. The van der Waals surface area contributed by atoms with Gasteiger partial charge in [0, 0.05) is 17.8 Å². The number of aldehydes is 1. The van der Waals surface area contributed by atoms with Crippen LogP contribution in [0.15, 0.2) is 17.5 Å². The molecule has 1 aromatic rings. The second-order valence-corrected chi connectivity index (χ2v) is 3.59. The normalized spacial score (nSPS) is 9.54. The van der Waals surface area contributed by atoms with E-state index in [0.29, 0.717) is 19.4 Å². The van der Waals surface area contributed by atoms with Crippen LogP contribution >= 0.6 is 11.3 Å².